The summed E-state index contributed by atoms with van der Waals surface area (Å²) in [7, 11) is 0. The van der Waals surface area contributed by atoms with E-state index in [-0.39, 0.29) is 11.3 Å². The first-order valence-electron chi connectivity index (χ1n) is 7.96. The fourth-order valence-electron chi connectivity index (χ4n) is 2.63. The van der Waals surface area contributed by atoms with E-state index in [4.69, 9.17) is 4.99 Å². The van der Waals surface area contributed by atoms with Crippen LogP contribution >= 0.6 is 23.1 Å². The van der Waals surface area contributed by atoms with Crippen LogP contribution in [0.5, 0.6) is 0 Å². The minimum atomic E-state index is -0.206. The zero-order chi connectivity index (χ0) is 17.2. The lowest BCUT2D eigenvalue weighted by Crippen LogP contribution is -2.39. The van der Waals surface area contributed by atoms with Gasteiger partial charge in [-0.25, -0.2) is 4.99 Å². The van der Waals surface area contributed by atoms with Crippen molar-refractivity contribution in [3.8, 4) is 0 Å². The highest BCUT2D eigenvalue weighted by Gasteiger charge is 2.27. The van der Waals surface area contributed by atoms with Crippen LogP contribution in [0, 0.1) is 6.92 Å². The molecule has 3 nitrogen and oxygen atoms in total. The monoisotopic (exact) mass is 364 g/mol. The van der Waals surface area contributed by atoms with Crippen LogP contribution in [0.2, 0.25) is 0 Å². The van der Waals surface area contributed by atoms with Crippen molar-refractivity contribution in [3.63, 3.8) is 0 Å². The maximum atomic E-state index is 12.7. The third-order valence-electron chi connectivity index (χ3n) is 3.95. The smallest absolute Gasteiger partial charge is 0.252 e. The molecule has 0 fully saturated rings. The topological polar surface area (TPSA) is 41.5 Å². The van der Waals surface area contributed by atoms with Crippen LogP contribution in [0.1, 0.15) is 20.8 Å². The van der Waals surface area contributed by atoms with Gasteiger partial charge < -0.3 is 5.32 Å². The number of nitrogens with zero attached hydrogens (tertiary/aromatic N) is 1. The molecule has 0 saturated heterocycles. The molecule has 2 heterocycles. The highest BCUT2D eigenvalue weighted by molar-refractivity contribution is 8.01. The Kier molecular flexibility index (Phi) is 4.42. The maximum absolute atomic E-state index is 12.7. The number of benzene rings is 2. The van der Waals surface area contributed by atoms with Gasteiger partial charge in [0.2, 0.25) is 0 Å². The lowest BCUT2D eigenvalue weighted by molar-refractivity contribution is 0.0956. The molecule has 1 aromatic heterocycles. The van der Waals surface area contributed by atoms with Crippen LogP contribution in [0.25, 0.3) is 0 Å². The van der Waals surface area contributed by atoms with E-state index < -0.39 is 0 Å². The Labute approximate surface area is 154 Å². The zero-order valence-corrected chi connectivity index (χ0v) is 15.2. The van der Waals surface area contributed by atoms with Gasteiger partial charge in [-0.2, -0.15) is 0 Å². The number of aliphatic imine (C=N–C) groups is 1. The number of hydrogen-bond acceptors (Lipinski definition) is 4. The maximum Gasteiger partial charge on any atom is 0.252 e. The van der Waals surface area contributed by atoms with Crippen molar-refractivity contribution in [2.24, 2.45) is 4.99 Å². The van der Waals surface area contributed by atoms with E-state index in [0.717, 1.165) is 26.7 Å². The van der Waals surface area contributed by atoms with Gasteiger partial charge in [-0.1, -0.05) is 47.7 Å². The van der Waals surface area contributed by atoms with Gasteiger partial charge in [0.15, 0.2) is 0 Å². The number of amides is 1. The van der Waals surface area contributed by atoms with E-state index in [2.05, 4.69) is 5.32 Å². The normalized spacial score (nSPS) is 16.0. The molecule has 0 bridgehead atoms. The lowest BCUT2D eigenvalue weighted by atomic mass is 10.1. The predicted molar refractivity (Wildman–Crippen MR) is 105 cm³/mol. The SMILES string of the molecule is Cc1ccc(C(=O)N[C@@H]2Sc3ccccc3N=C2c2cccs2)cc1. The summed E-state index contributed by atoms with van der Waals surface area (Å²) < 4.78 is 0. The Morgan fingerprint density at radius 1 is 1.04 bits per heavy atom. The molecule has 4 rings (SSSR count). The predicted octanol–water partition coefficient (Wildman–Crippen LogP) is 5.04. The molecule has 124 valence electrons. The molecule has 0 saturated carbocycles. The molecule has 2 aromatic carbocycles. The van der Waals surface area contributed by atoms with E-state index >= 15 is 0 Å². The molecule has 1 amide bonds. The summed E-state index contributed by atoms with van der Waals surface area (Å²) in [5, 5.41) is 4.96. The van der Waals surface area contributed by atoms with E-state index in [9.17, 15) is 4.79 Å². The first kappa shape index (κ1) is 16.1. The van der Waals surface area contributed by atoms with Gasteiger partial charge in [-0.15, -0.1) is 11.3 Å². The van der Waals surface area contributed by atoms with Crippen molar-refractivity contribution in [1.82, 2.24) is 5.32 Å². The van der Waals surface area contributed by atoms with Gasteiger partial charge in [-0.3, -0.25) is 4.79 Å². The second kappa shape index (κ2) is 6.86. The Morgan fingerprint density at radius 3 is 2.60 bits per heavy atom. The van der Waals surface area contributed by atoms with Crippen LogP contribution in [0.4, 0.5) is 5.69 Å². The molecule has 1 atom stereocenters. The summed E-state index contributed by atoms with van der Waals surface area (Å²) in [6.45, 7) is 2.01. The Balaban J connectivity index is 1.66. The Bertz CT molecular complexity index is 931. The number of fused-ring (bicyclic) bond motifs is 1. The Hall–Kier alpha value is -2.37. The molecule has 25 heavy (non-hydrogen) atoms. The van der Waals surface area contributed by atoms with Crippen LogP contribution in [0.15, 0.2) is 75.9 Å². The van der Waals surface area contributed by atoms with Crippen LogP contribution in [0.3, 0.4) is 0 Å². The van der Waals surface area contributed by atoms with Crippen LogP contribution in [-0.4, -0.2) is 17.0 Å². The van der Waals surface area contributed by atoms with Crippen molar-refractivity contribution < 1.29 is 4.79 Å². The van der Waals surface area contributed by atoms with Crippen molar-refractivity contribution >= 4 is 40.4 Å². The Morgan fingerprint density at radius 2 is 1.84 bits per heavy atom. The number of hydrogen-bond donors (Lipinski definition) is 1. The molecular weight excluding hydrogens is 348 g/mol. The quantitative estimate of drug-likeness (QED) is 0.707. The molecular formula is C20H16N2OS2. The fraction of sp³-hybridized carbons (Fsp3) is 0.100. The zero-order valence-electron chi connectivity index (χ0n) is 13.6. The molecule has 0 aliphatic carbocycles. The van der Waals surface area contributed by atoms with Crippen LogP contribution < -0.4 is 5.32 Å². The van der Waals surface area contributed by atoms with Crippen molar-refractivity contribution in [2.45, 2.75) is 17.2 Å². The van der Waals surface area contributed by atoms with Gasteiger partial charge in [-0.05, 0) is 42.6 Å². The summed E-state index contributed by atoms with van der Waals surface area (Å²) in [4.78, 5) is 19.7. The minimum absolute atomic E-state index is 0.0823. The number of carbonyl (C=O) groups is 1. The second-order valence-corrected chi connectivity index (χ2v) is 7.87. The summed E-state index contributed by atoms with van der Waals surface area (Å²) in [6.07, 6.45) is 0. The third-order valence-corrected chi connectivity index (χ3v) is 6.02. The van der Waals surface area contributed by atoms with Gasteiger partial charge in [0, 0.05) is 10.5 Å². The second-order valence-electron chi connectivity index (χ2n) is 5.78. The molecule has 5 heteroatoms. The number of rotatable bonds is 3. The lowest BCUT2D eigenvalue weighted by Gasteiger charge is -2.24. The highest BCUT2D eigenvalue weighted by Crippen LogP contribution is 2.38. The number of carbonyl (C=O) groups excluding carboxylic acids is 1. The standard InChI is InChI=1S/C20H16N2OS2/c1-13-8-10-14(11-9-13)19(23)22-20-18(17-7-4-12-24-17)21-15-5-2-3-6-16(15)25-20/h2-12,20H,1H3,(H,22,23)/t20-/m1/s1. The van der Waals surface area contributed by atoms with Gasteiger partial charge in [0.25, 0.3) is 5.91 Å². The molecule has 3 aromatic rings. The molecule has 0 unspecified atom stereocenters. The third kappa shape index (κ3) is 3.38. The number of nitrogens with one attached hydrogen (secondary N) is 1. The molecule has 1 N–H and O–H groups in total. The number of aryl methyl sites for hydroxylation is 1. The van der Waals surface area contributed by atoms with Gasteiger partial charge in [0.05, 0.1) is 16.3 Å². The average molecular weight is 364 g/mol. The summed E-state index contributed by atoms with van der Waals surface area (Å²) in [5.74, 6) is -0.0823. The average Bonchev–Trinajstić information content (AvgIpc) is 3.16. The molecule has 1 aliphatic heterocycles. The van der Waals surface area contributed by atoms with Crippen molar-refractivity contribution in [1.29, 1.82) is 0 Å². The van der Waals surface area contributed by atoms with E-state index in [0.29, 0.717) is 5.56 Å². The van der Waals surface area contributed by atoms with Crippen LogP contribution in [-0.2, 0) is 0 Å². The first-order valence-corrected chi connectivity index (χ1v) is 9.72. The molecule has 1 aliphatic rings. The largest absolute Gasteiger partial charge is 0.334 e. The van der Waals surface area contributed by atoms with E-state index in [1.807, 2.05) is 73.0 Å². The molecule has 0 radical (unpaired) electrons. The summed E-state index contributed by atoms with van der Waals surface area (Å²) >= 11 is 3.27. The first-order chi connectivity index (χ1) is 12.2. The van der Waals surface area contributed by atoms with Gasteiger partial charge >= 0.3 is 0 Å². The summed E-state index contributed by atoms with van der Waals surface area (Å²) in [6, 6.07) is 19.7. The van der Waals surface area contributed by atoms with E-state index in [1.165, 1.54) is 0 Å². The summed E-state index contributed by atoms with van der Waals surface area (Å²) in [5.41, 5.74) is 3.66. The van der Waals surface area contributed by atoms with Crippen molar-refractivity contribution in [2.75, 3.05) is 0 Å². The minimum Gasteiger partial charge on any atom is -0.334 e. The number of thioether (sulfide) groups is 1. The molecule has 0 spiro atoms. The number of thiophene rings is 1. The van der Waals surface area contributed by atoms with E-state index in [1.54, 1.807) is 23.1 Å². The van der Waals surface area contributed by atoms with Gasteiger partial charge in [0.1, 0.15) is 5.37 Å². The number of para-hydroxylation sites is 1. The van der Waals surface area contributed by atoms with Crippen molar-refractivity contribution in [3.05, 3.63) is 82.0 Å². The highest BCUT2D eigenvalue weighted by atomic mass is 32.2. The fourth-order valence-corrected chi connectivity index (χ4v) is 4.56.